The van der Waals surface area contributed by atoms with E-state index in [4.69, 9.17) is 11.6 Å². The van der Waals surface area contributed by atoms with Crippen molar-refractivity contribution in [3.8, 4) is 0 Å². The molecule has 0 aromatic heterocycles. The molecule has 0 saturated heterocycles. The van der Waals surface area contributed by atoms with Crippen molar-refractivity contribution in [3.63, 3.8) is 0 Å². The van der Waals surface area contributed by atoms with E-state index >= 15 is 0 Å². The summed E-state index contributed by atoms with van der Waals surface area (Å²) < 4.78 is 14.0. The van der Waals surface area contributed by atoms with Crippen LogP contribution in [0.15, 0.2) is 42.5 Å². The van der Waals surface area contributed by atoms with Gasteiger partial charge in [0.05, 0.1) is 5.69 Å². The minimum atomic E-state index is -0.250. The lowest BCUT2D eigenvalue weighted by molar-refractivity contribution is 0.626. The fourth-order valence-electron chi connectivity index (χ4n) is 2.00. The summed E-state index contributed by atoms with van der Waals surface area (Å²) in [6.07, 6.45) is 1.00. The predicted molar refractivity (Wildman–Crippen MR) is 79.8 cm³/mol. The van der Waals surface area contributed by atoms with Gasteiger partial charge in [0.1, 0.15) is 5.82 Å². The Morgan fingerprint density at radius 1 is 1.05 bits per heavy atom. The fraction of sp³-hybridized carbons (Fsp3) is 0.250. The third-order valence-electron chi connectivity index (χ3n) is 3.26. The molecule has 2 rings (SSSR count). The summed E-state index contributed by atoms with van der Waals surface area (Å²) in [5, 5.41) is 0. The Hall–Kier alpha value is -1.54. The molecule has 0 unspecified atom stereocenters. The molecule has 0 spiro atoms. The third-order valence-corrected chi connectivity index (χ3v) is 3.57. The summed E-state index contributed by atoms with van der Waals surface area (Å²) in [7, 11) is 1.86. The van der Waals surface area contributed by atoms with Crippen LogP contribution in [0.25, 0.3) is 0 Å². The zero-order chi connectivity index (χ0) is 13.8. The molecule has 0 fully saturated rings. The average Bonchev–Trinajstić information content (AvgIpc) is 2.46. The Morgan fingerprint density at radius 3 is 2.21 bits per heavy atom. The molecule has 2 aromatic carbocycles. The van der Waals surface area contributed by atoms with Gasteiger partial charge >= 0.3 is 0 Å². The monoisotopic (exact) mass is 277 g/mol. The number of rotatable bonds is 4. The van der Waals surface area contributed by atoms with Crippen molar-refractivity contribution < 1.29 is 4.39 Å². The smallest absolute Gasteiger partial charge is 0.147 e. The van der Waals surface area contributed by atoms with Crippen LogP contribution in [0.3, 0.4) is 0 Å². The van der Waals surface area contributed by atoms with Gasteiger partial charge in [-0.15, -0.1) is 11.6 Å². The molecular weight excluding hydrogens is 261 g/mol. The number of alkyl halides is 1. The molecule has 19 heavy (non-hydrogen) atoms. The Balaban J connectivity index is 2.29. The number of anilines is 2. The second kappa shape index (κ2) is 6.07. The van der Waals surface area contributed by atoms with E-state index in [0.717, 1.165) is 17.7 Å². The molecule has 1 nitrogen and oxygen atoms in total. The van der Waals surface area contributed by atoms with Gasteiger partial charge in [0.15, 0.2) is 0 Å². The van der Waals surface area contributed by atoms with E-state index in [1.54, 1.807) is 6.07 Å². The van der Waals surface area contributed by atoms with E-state index in [1.165, 1.54) is 11.6 Å². The van der Waals surface area contributed by atoms with Gasteiger partial charge in [0, 0.05) is 18.6 Å². The van der Waals surface area contributed by atoms with E-state index in [-0.39, 0.29) is 5.82 Å². The predicted octanol–water partition coefficient (Wildman–Crippen LogP) is 4.89. The quantitative estimate of drug-likeness (QED) is 0.719. The van der Waals surface area contributed by atoms with Gasteiger partial charge in [-0.25, -0.2) is 4.39 Å². The van der Waals surface area contributed by atoms with Crippen LogP contribution in [0.1, 0.15) is 18.1 Å². The second-order valence-corrected chi connectivity index (χ2v) is 4.77. The van der Waals surface area contributed by atoms with Crippen LogP contribution in [-0.4, -0.2) is 7.05 Å². The molecule has 0 aliphatic rings. The summed E-state index contributed by atoms with van der Waals surface area (Å²) in [6.45, 7) is 2.11. The first-order valence-corrected chi connectivity index (χ1v) is 6.86. The van der Waals surface area contributed by atoms with Crippen molar-refractivity contribution in [2.45, 2.75) is 19.2 Å². The van der Waals surface area contributed by atoms with Crippen molar-refractivity contribution in [1.29, 1.82) is 0 Å². The minimum Gasteiger partial charge on any atom is -0.342 e. The molecule has 2 aromatic rings. The van der Waals surface area contributed by atoms with E-state index in [0.29, 0.717) is 11.6 Å². The molecular formula is C16H17ClFN. The standard InChI is InChI=1S/C16H17ClFN/c1-3-12-4-7-14(8-5-12)19(2)16-9-6-13(11-17)10-15(16)18/h4-10H,3,11H2,1-2H3. The van der Waals surface area contributed by atoms with Gasteiger partial charge in [-0.05, 0) is 41.8 Å². The van der Waals surface area contributed by atoms with Gasteiger partial charge in [-0.1, -0.05) is 25.1 Å². The molecule has 0 heterocycles. The van der Waals surface area contributed by atoms with Gasteiger partial charge in [-0.3, -0.25) is 0 Å². The SMILES string of the molecule is CCc1ccc(N(C)c2ccc(CCl)cc2F)cc1. The highest BCUT2D eigenvalue weighted by atomic mass is 35.5. The summed E-state index contributed by atoms with van der Waals surface area (Å²) in [6, 6.07) is 13.2. The van der Waals surface area contributed by atoms with E-state index in [2.05, 4.69) is 19.1 Å². The molecule has 0 amide bonds. The Morgan fingerprint density at radius 2 is 1.68 bits per heavy atom. The van der Waals surface area contributed by atoms with Crippen LogP contribution in [0.5, 0.6) is 0 Å². The molecule has 100 valence electrons. The maximum Gasteiger partial charge on any atom is 0.147 e. The van der Waals surface area contributed by atoms with Gasteiger partial charge < -0.3 is 4.90 Å². The van der Waals surface area contributed by atoms with Crippen LogP contribution in [0.2, 0.25) is 0 Å². The average molecular weight is 278 g/mol. The summed E-state index contributed by atoms with van der Waals surface area (Å²) in [4.78, 5) is 1.84. The lowest BCUT2D eigenvalue weighted by atomic mass is 10.1. The van der Waals surface area contributed by atoms with Gasteiger partial charge in [0.2, 0.25) is 0 Å². The number of hydrogen-bond donors (Lipinski definition) is 0. The number of nitrogens with zero attached hydrogens (tertiary/aromatic N) is 1. The summed E-state index contributed by atoms with van der Waals surface area (Å²) in [5.74, 6) is 0.0757. The van der Waals surface area contributed by atoms with Crippen molar-refractivity contribution in [1.82, 2.24) is 0 Å². The zero-order valence-corrected chi connectivity index (χ0v) is 11.9. The molecule has 3 heteroatoms. The minimum absolute atomic E-state index is 0.250. The van der Waals surface area contributed by atoms with E-state index < -0.39 is 0 Å². The van der Waals surface area contributed by atoms with Crippen molar-refractivity contribution in [3.05, 3.63) is 59.4 Å². The maximum absolute atomic E-state index is 14.0. The highest BCUT2D eigenvalue weighted by molar-refractivity contribution is 6.17. The van der Waals surface area contributed by atoms with Gasteiger partial charge in [-0.2, -0.15) is 0 Å². The first-order chi connectivity index (χ1) is 9.15. The highest BCUT2D eigenvalue weighted by Crippen LogP contribution is 2.27. The lowest BCUT2D eigenvalue weighted by Gasteiger charge is -2.20. The molecule has 0 saturated carbocycles. The molecule has 0 aliphatic carbocycles. The summed E-state index contributed by atoms with van der Waals surface area (Å²) >= 11 is 5.70. The molecule has 0 bridgehead atoms. The van der Waals surface area contributed by atoms with Crippen molar-refractivity contribution in [2.24, 2.45) is 0 Å². The van der Waals surface area contributed by atoms with Crippen molar-refractivity contribution >= 4 is 23.0 Å². The molecule has 0 radical (unpaired) electrons. The number of aryl methyl sites for hydroxylation is 1. The topological polar surface area (TPSA) is 3.24 Å². The number of benzene rings is 2. The lowest BCUT2D eigenvalue weighted by Crippen LogP contribution is -2.11. The van der Waals surface area contributed by atoms with E-state index in [9.17, 15) is 4.39 Å². The first kappa shape index (κ1) is 13.9. The van der Waals surface area contributed by atoms with Crippen molar-refractivity contribution in [2.75, 3.05) is 11.9 Å². The second-order valence-electron chi connectivity index (χ2n) is 4.50. The van der Waals surface area contributed by atoms with Crippen LogP contribution >= 0.6 is 11.6 Å². The Labute approximate surface area is 118 Å². The molecule has 0 atom stereocenters. The van der Waals surface area contributed by atoms with E-state index in [1.807, 2.05) is 30.1 Å². The maximum atomic E-state index is 14.0. The Bertz CT molecular complexity index is 551. The number of halogens is 2. The Kier molecular flexibility index (Phi) is 4.43. The fourth-order valence-corrected chi connectivity index (χ4v) is 2.17. The molecule has 0 N–H and O–H groups in total. The van der Waals surface area contributed by atoms with Gasteiger partial charge in [0.25, 0.3) is 0 Å². The number of hydrogen-bond acceptors (Lipinski definition) is 1. The summed E-state index contributed by atoms with van der Waals surface area (Å²) in [5.41, 5.74) is 3.58. The highest BCUT2D eigenvalue weighted by Gasteiger charge is 2.10. The third kappa shape index (κ3) is 3.07. The zero-order valence-electron chi connectivity index (χ0n) is 11.2. The molecule has 0 aliphatic heterocycles. The van der Waals surface area contributed by atoms with Crippen LogP contribution < -0.4 is 4.90 Å². The van der Waals surface area contributed by atoms with Crippen LogP contribution in [-0.2, 0) is 12.3 Å². The normalized spacial score (nSPS) is 10.5. The first-order valence-electron chi connectivity index (χ1n) is 6.32. The van der Waals surface area contributed by atoms with Crippen LogP contribution in [0, 0.1) is 5.82 Å². The largest absolute Gasteiger partial charge is 0.342 e. The van der Waals surface area contributed by atoms with Crippen LogP contribution in [0.4, 0.5) is 15.8 Å².